The Labute approximate surface area is 86.5 Å². The van der Waals surface area contributed by atoms with E-state index in [0.717, 1.165) is 6.07 Å². The highest BCUT2D eigenvalue weighted by Gasteiger charge is 2.18. The van der Waals surface area contributed by atoms with Crippen molar-refractivity contribution in [2.75, 3.05) is 0 Å². The molecule has 0 aromatic carbocycles. The van der Waals surface area contributed by atoms with Crippen LogP contribution >= 0.6 is 15.9 Å². The third kappa shape index (κ3) is 2.23. The second-order valence-corrected chi connectivity index (χ2v) is 3.22. The largest absolute Gasteiger partial charge is 0.281 e. The molecular formula is C8H4BrF3N2. The van der Waals surface area contributed by atoms with Gasteiger partial charge in [0.1, 0.15) is 11.5 Å². The predicted molar refractivity (Wildman–Crippen MR) is 46.2 cm³/mol. The monoisotopic (exact) mass is 264 g/mol. The number of hydrogen-bond acceptors (Lipinski definition) is 2. The molecule has 0 amide bonds. The summed E-state index contributed by atoms with van der Waals surface area (Å²) in [6.07, 6.45) is -3.05. The highest BCUT2D eigenvalue weighted by Crippen LogP contribution is 2.28. The molecule has 0 spiro atoms. The van der Waals surface area contributed by atoms with Gasteiger partial charge in [0.2, 0.25) is 0 Å². The fourth-order valence-corrected chi connectivity index (χ4v) is 1.26. The van der Waals surface area contributed by atoms with Gasteiger partial charge < -0.3 is 0 Å². The molecule has 0 aliphatic heterocycles. The Kier molecular flexibility index (Phi) is 3.47. The average molecular weight is 265 g/mol. The maximum atomic E-state index is 13.0. The van der Waals surface area contributed by atoms with Crippen LogP contribution in [0, 0.1) is 17.1 Å². The van der Waals surface area contributed by atoms with Gasteiger partial charge in [-0.05, 0) is 22.0 Å². The number of halogens is 4. The van der Waals surface area contributed by atoms with E-state index in [1.807, 2.05) is 0 Å². The molecule has 0 radical (unpaired) electrons. The van der Waals surface area contributed by atoms with Crippen LogP contribution in [-0.2, 0) is 6.42 Å². The van der Waals surface area contributed by atoms with Gasteiger partial charge in [0.25, 0.3) is 6.43 Å². The Morgan fingerprint density at radius 1 is 1.57 bits per heavy atom. The Morgan fingerprint density at radius 2 is 2.21 bits per heavy atom. The molecule has 0 unspecified atom stereocenters. The zero-order valence-electron chi connectivity index (χ0n) is 6.77. The van der Waals surface area contributed by atoms with Crippen molar-refractivity contribution in [2.45, 2.75) is 12.8 Å². The molecule has 2 nitrogen and oxygen atoms in total. The van der Waals surface area contributed by atoms with Gasteiger partial charge in [0.05, 0.1) is 22.7 Å². The molecule has 6 heteroatoms. The first-order valence-corrected chi connectivity index (χ1v) is 4.35. The molecule has 1 aromatic heterocycles. The molecular weight excluding hydrogens is 261 g/mol. The lowest BCUT2D eigenvalue weighted by Crippen LogP contribution is -1.99. The van der Waals surface area contributed by atoms with Gasteiger partial charge in [-0.1, -0.05) is 0 Å². The topological polar surface area (TPSA) is 36.7 Å². The summed E-state index contributed by atoms with van der Waals surface area (Å²) >= 11 is 2.67. The van der Waals surface area contributed by atoms with Crippen LogP contribution in [0.4, 0.5) is 13.2 Å². The molecule has 0 N–H and O–H groups in total. The van der Waals surface area contributed by atoms with Crippen molar-refractivity contribution < 1.29 is 13.2 Å². The molecule has 0 fully saturated rings. The molecule has 0 aliphatic carbocycles. The van der Waals surface area contributed by atoms with Crippen LogP contribution in [0.2, 0.25) is 0 Å². The minimum Gasteiger partial charge on any atom is -0.249 e. The number of alkyl halides is 2. The normalized spacial score (nSPS) is 10.3. The first-order valence-electron chi connectivity index (χ1n) is 3.56. The van der Waals surface area contributed by atoms with Gasteiger partial charge >= 0.3 is 0 Å². The highest BCUT2D eigenvalue weighted by molar-refractivity contribution is 9.10. The van der Waals surface area contributed by atoms with E-state index in [1.165, 1.54) is 0 Å². The summed E-state index contributed by atoms with van der Waals surface area (Å²) in [5.74, 6) is -0.833. The molecule has 14 heavy (non-hydrogen) atoms. The van der Waals surface area contributed by atoms with Crippen molar-refractivity contribution in [3.05, 3.63) is 27.7 Å². The second kappa shape index (κ2) is 4.42. The summed E-state index contributed by atoms with van der Waals surface area (Å²) in [6, 6.07) is 2.66. The Hall–Kier alpha value is -1.09. The summed E-state index contributed by atoms with van der Waals surface area (Å²) < 4.78 is 37.2. The summed E-state index contributed by atoms with van der Waals surface area (Å²) in [5.41, 5.74) is -0.668. The summed E-state index contributed by atoms with van der Waals surface area (Å²) in [4.78, 5) is 3.46. The molecule has 0 atom stereocenters. The summed E-state index contributed by atoms with van der Waals surface area (Å²) in [6.45, 7) is 0. The number of hydrogen-bond donors (Lipinski definition) is 0. The van der Waals surface area contributed by atoms with E-state index in [-0.39, 0.29) is 16.6 Å². The molecule has 0 saturated heterocycles. The van der Waals surface area contributed by atoms with Gasteiger partial charge in [0, 0.05) is 0 Å². The molecule has 0 aliphatic rings. The number of nitriles is 1. The summed E-state index contributed by atoms with van der Waals surface area (Å²) in [5, 5.41) is 8.30. The van der Waals surface area contributed by atoms with Crippen molar-refractivity contribution in [3.8, 4) is 6.07 Å². The fourth-order valence-electron chi connectivity index (χ4n) is 0.884. The lowest BCUT2D eigenvalue weighted by molar-refractivity contribution is 0.144. The van der Waals surface area contributed by atoms with Crippen LogP contribution in [0.1, 0.15) is 17.8 Å². The van der Waals surface area contributed by atoms with Crippen molar-refractivity contribution >= 4 is 15.9 Å². The summed E-state index contributed by atoms with van der Waals surface area (Å²) in [7, 11) is 0. The van der Waals surface area contributed by atoms with Crippen molar-refractivity contribution in [1.82, 2.24) is 4.98 Å². The van der Waals surface area contributed by atoms with E-state index in [1.54, 1.807) is 6.07 Å². The van der Waals surface area contributed by atoms with E-state index in [4.69, 9.17) is 5.26 Å². The van der Waals surface area contributed by atoms with Crippen LogP contribution in [-0.4, -0.2) is 4.98 Å². The van der Waals surface area contributed by atoms with Crippen LogP contribution in [0.25, 0.3) is 0 Å². The van der Waals surface area contributed by atoms with E-state index in [2.05, 4.69) is 20.9 Å². The zero-order valence-corrected chi connectivity index (χ0v) is 8.35. The van der Waals surface area contributed by atoms with Crippen LogP contribution in [0.15, 0.2) is 10.5 Å². The van der Waals surface area contributed by atoms with Crippen LogP contribution in [0.5, 0.6) is 0 Å². The number of pyridine rings is 1. The maximum Gasteiger partial charge on any atom is 0.281 e. The van der Waals surface area contributed by atoms with Crippen LogP contribution < -0.4 is 0 Å². The van der Waals surface area contributed by atoms with Crippen LogP contribution in [0.3, 0.4) is 0 Å². The standard InChI is InChI=1S/C8H4BrF3N2/c9-6-5(10)3-4(1-2-13)14-7(6)8(11)12/h3,8H,1H2. The van der Waals surface area contributed by atoms with Gasteiger partial charge in [0.15, 0.2) is 0 Å². The molecule has 0 bridgehead atoms. The van der Waals surface area contributed by atoms with Gasteiger partial charge in [-0.3, -0.25) is 0 Å². The average Bonchev–Trinajstić information content (AvgIpc) is 2.11. The lowest BCUT2D eigenvalue weighted by Gasteiger charge is -2.05. The maximum absolute atomic E-state index is 13.0. The van der Waals surface area contributed by atoms with E-state index in [0.29, 0.717) is 0 Å². The zero-order chi connectivity index (χ0) is 10.7. The quantitative estimate of drug-likeness (QED) is 0.824. The third-order valence-electron chi connectivity index (χ3n) is 1.46. The molecule has 1 heterocycles. The Morgan fingerprint density at radius 3 is 2.71 bits per heavy atom. The lowest BCUT2D eigenvalue weighted by atomic mass is 10.2. The predicted octanol–water partition coefficient (Wildman–Crippen LogP) is 2.99. The Bertz CT molecular complexity index is 387. The molecule has 1 rings (SSSR count). The van der Waals surface area contributed by atoms with Gasteiger partial charge in [-0.2, -0.15) is 5.26 Å². The van der Waals surface area contributed by atoms with Crippen molar-refractivity contribution in [1.29, 1.82) is 5.26 Å². The third-order valence-corrected chi connectivity index (χ3v) is 2.24. The van der Waals surface area contributed by atoms with E-state index in [9.17, 15) is 13.2 Å². The minimum atomic E-state index is -2.86. The molecule has 1 aromatic rings. The fraction of sp³-hybridized carbons (Fsp3) is 0.250. The number of rotatable bonds is 2. The number of nitrogens with zero attached hydrogens (tertiary/aromatic N) is 2. The van der Waals surface area contributed by atoms with Gasteiger partial charge in [-0.25, -0.2) is 18.2 Å². The molecule has 0 saturated carbocycles. The SMILES string of the molecule is N#CCc1cc(F)c(Br)c(C(F)F)n1. The van der Waals surface area contributed by atoms with Crippen molar-refractivity contribution in [2.24, 2.45) is 0 Å². The second-order valence-electron chi connectivity index (χ2n) is 2.43. The minimum absolute atomic E-state index is 0.00324. The van der Waals surface area contributed by atoms with Gasteiger partial charge in [-0.15, -0.1) is 0 Å². The highest BCUT2D eigenvalue weighted by atomic mass is 79.9. The first-order chi connectivity index (χ1) is 6.56. The van der Waals surface area contributed by atoms with E-state index < -0.39 is 17.9 Å². The van der Waals surface area contributed by atoms with Crippen molar-refractivity contribution in [3.63, 3.8) is 0 Å². The van der Waals surface area contributed by atoms with E-state index >= 15 is 0 Å². The number of aromatic nitrogens is 1. The smallest absolute Gasteiger partial charge is 0.249 e. The Balaban J connectivity index is 3.22. The molecule has 74 valence electrons. The first kappa shape index (κ1) is 11.0.